The van der Waals surface area contributed by atoms with Crippen LogP contribution in [0, 0.1) is 0 Å². The van der Waals surface area contributed by atoms with Crippen LogP contribution >= 0.6 is 11.6 Å². The molecule has 0 bridgehead atoms. The Morgan fingerprint density at radius 2 is 2.05 bits per heavy atom. The standard InChI is InChI=1S/C15H16ClF3N2/c1-8-9(2)21(7-15(17,18)19)12-4-3-11-14(13(8)12)10(16)5-6-20-11/h3-5,8-9,20H,6-7H2,1-2H3. The number of hydrogen-bond acceptors (Lipinski definition) is 2. The highest BCUT2D eigenvalue weighted by Crippen LogP contribution is 2.49. The first-order valence-corrected chi connectivity index (χ1v) is 7.27. The fourth-order valence-corrected chi connectivity index (χ4v) is 3.51. The first kappa shape index (κ1) is 14.6. The van der Waals surface area contributed by atoms with Crippen molar-refractivity contribution >= 4 is 28.0 Å². The summed E-state index contributed by atoms with van der Waals surface area (Å²) in [5.74, 6) is -0.000602. The van der Waals surface area contributed by atoms with Gasteiger partial charge < -0.3 is 10.2 Å². The van der Waals surface area contributed by atoms with Crippen LogP contribution in [0.25, 0.3) is 5.03 Å². The highest BCUT2D eigenvalue weighted by molar-refractivity contribution is 6.49. The van der Waals surface area contributed by atoms with Gasteiger partial charge >= 0.3 is 6.18 Å². The zero-order valence-electron chi connectivity index (χ0n) is 11.8. The third-order valence-electron chi connectivity index (χ3n) is 4.36. The molecule has 2 heterocycles. The van der Waals surface area contributed by atoms with Crippen molar-refractivity contribution < 1.29 is 13.2 Å². The van der Waals surface area contributed by atoms with Crippen molar-refractivity contribution in [2.24, 2.45) is 0 Å². The van der Waals surface area contributed by atoms with E-state index in [-0.39, 0.29) is 12.0 Å². The summed E-state index contributed by atoms with van der Waals surface area (Å²) in [4.78, 5) is 1.43. The Kier molecular flexibility index (Phi) is 3.35. The first-order chi connectivity index (χ1) is 9.79. The molecule has 3 rings (SSSR count). The lowest BCUT2D eigenvalue weighted by molar-refractivity contribution is -0.120. The van der Waals surface area contributed by atoms with Crippen molar-refractivity contribution in [2.45, 2.75) is 32.0 Å². The zero-order valence-corrected chi connectivity index (χ0v) is 12.5. The molecule has 2 aliphatic rings. The molecule has 1 N–H and O–H groups in total. The van der Waals surface area contributed by atoms with Crippen LogP contribution in [0.15, 0.2) is 18.2 Å². The molecule has 1 aromatic rings. The second-order valence-electron chi connectivity index (χ2n) is 5.63. The maximum Gasteiger partial charge on any atom is 0.405 e. The molecular weight excluding hydrogens is 301 g/mol. The van der Waals surface area contributed by atoms with Gasteiger partial charge in [0.25, 0.3) is 0 Å². The molecule has 0 aromatic heterocycles. The lowest BCUT2D eigenvalue weighted by Gasteiger charge is -2.27. The van der Waals surface area contributed by atoms with Crippen molar-refractivity contribution in [2.75, 3.05) is 23.3 Å². The number of benzene rings is 1. The minimum atomic E-state index is -4.22. The van der Waals surface area contributed by atoms with E-state index < -0.39 is 12.7 Å². The molecule has 0 fully saturated rings. The predicted octanol–water partition coefficient (Wildman–Crippen LogP) is 4.57. The van der Waals surface area contributed by atoms with Gasteiger partial charge in [-0.25, -0.2) is 0 Å². The minimum absolute atomic E-state index is 0.000602. The van der Waals surface area contributed by atoms with Crippen LogP contribution in [0.4, 0.5) is 24.5 Å². The molecule has 0 radical (unpaired) electrons. The van der Waals surface area contributed by atoms with Gasteiger partial charge in [-0.05, 0) is 30.7 Å². The summed E-state index contributed by atoms with van der Waals surface area (Å²) >= 11 is 6.31. The van der Waals surface area contributed by atoms with Gasteiger partial charge in [0, 0.05) is 40.5 Å². The predicted molar refractivity (Wildman–Crippen MR) is 80.0 cm³/mol. The van der Waals surface area contributed by atoms with E-state index in [1.54, 1.807) is 6.07 Å². The van der Waals surface area contributed by atoms with Crippen LogP contribution in [-0.2, 0) is 0 Å². The quantitative estimate of drug-likeness (QED) is 0.816. The average molecular weight is 317 g/mol. The third kappa shape index (κ3) is 2.37. The van der Waals surface area contributed by atoms with E-state index in [0.29, 0.717) is 17.3 Å². The average Bonchev–Trinajstić information content (AvgIpc) is 2.63. The molecule has 0 saturated heterocycles. The Bertz CT molecular complexity index is 610. The van der Waals surface area contributed by atoms with Gasteiger partial charge in [-0.3, -0.25) is 0 Å². The van der Waals surface area contributed by atoms with Crippen molar-refractivity contribution in [3.05, 3.63) is 29.3 Å². The van der Waals surface area contributed by atoms with Gasteiger partial charge in [0.05, 0.1) is 0 Å². The van der Waals surface area contributed by atoms with Crippen molar-refractivity contribution in [3.63, 3.8) is 0 Å². The Hall–Kier alpha value is -1.36. The second-order valence-corrected chi connectivity index (χ2v) is 6.03. The lowest BCUT2D eigenvalue weighted by Crippen LogP contribution is -2.38. The molecule has 2 atom stereocenters. The summed E-state index contributed by atoms with van der Waals surface area (Å²) in [7, 11) is 0. The fourth-order valence-electron chi connectivity index (χ4n) is 3.23. The molecule has 0 spiro atoms. The number of hydrogen-bond donors (Lipinski definition) is 1. The van der Waals surface area contributed by atoms with Crippen LogP contribution in [0.1, 0.15) is 30.9 Å². The summed E-state index contributed by atoms with van der Waals surface area (Å²) in [5.41, 5.74) is 3.30. The molecule has 6 heteroatoms. The molecule has 2 nitrogen and oxygen atoms in total. The van der Waals surface area contributed by atoms with Gasteiger partial charge in [0.15, 0.2) is 0 Å². The van der Waals surface area contributed by atoms with Crippen LogP contribution in [0.2, 0.25) is 0 Å². The van der Waals surface area contributed by atoms with E-state index in [0.717, 1.165) is 16.8 Å². The van der Waals surface area contributed by atoms with Crippen LogP contribution in [0.5, 0.6) is 0 Å². The van der Waals surface area contributed by atoms with E-state index in [1.165, 1.54) is 4.90 Å². The summed E-state index contributed by atoms with van der Waals surface area (Å²) < 4.78 is 38.5. The van der Waals surface area contributed by atoms with Gasteiger partial charge in [0.1, 0.15) is 6.54 Å². The number of anilines is 2. The normalized spacial score (nSPS) is 24.3. The number of alkyl halides is 3. The van der Waals surface area contributed by atoms with Crippen molar-refractivity contribution in [1.29, 1.82) is 0 Å². The number of fused-ring (bicyclic) bond motifs is 3. The largest absolute Gasteiger partial charge is 0.405 e. The molecule has 114 valence electrons. The highest BCUT2D eigenvalue weighted by atomic mass is 35.5. The topological polar surface area (TPSA) is 15.3 Å². The summed E-state index contributed by atoms with van der Waals surface area (Å²) in [6, 6.07) is 3.37. The maximum atomic E-state index is 12.8. The maximum absolute atomic E-state index is 12.8. The van der Waals surface area contributed by atoms with E-state index in [1.807, 2.05) is 26.0 Å². The third-order valence-corrected chi connectivity index (χ3v) is 4.71. The Labute approximate surface area is 126 Å². The molecular formula is C15H16ClF3N2. The van der Waals surface area contributed by atoms with E-state index >= 15 is 0 Å². The van der Waals surface area contributed by atoms with Gasteiger partial charge in [-0.2, -0.15) is 13.2 Å². The Morgan fingerprint density at radius 1 is 1.33 bits per heavy atom. The smallest absolute Gasteiger partial charge is 0.381 e. The number of nitrogens with one attached hydrogen (secondary N) is 1. The number of halogens is 4. The molecule has 0 aliphatic carbocycles. The Balaban J connectivity index is 2.12. The summed E-state index contributed by atoms with van der Waals surface area (Å²) in [5, 5.41) is 3.84. The van der Waals surface area contributed by atoms with E-state index in [4.69, 9.17) is 11.6 Å². The highest BCUT2D eigenvalue weighted by Gasteiger charge is 2.41. The fraction of sp³-hybridized carbons (Fsp3) is 0.467. The minimum Gasteiger partial charge on any atom is -0.381 e. The van der Waals surface area contributed by atoms with Crippen molar-refractivity contribution in [3.8, 4) is 0 Å². The monoisotopic (exact) mass is 316 g/mol. The summed E-state index contributed by atoms with van der Waals surface area (Å²) in [6.07, 6.45) is -2.36. The molecule has 0 amide bonds. The number of nitrogens with zero attached hydrogens (tertiary/aromatic N) is 1. The number of rotatable bonds is 1. The molecule has 21 heavy (non-hydrogen) atoms. The van der Waals surface area contributed by atoms with Gasteiger partial charge in [-0.1, -0.05) is 18.5 Å². The van der Waals surface area contributed by atoms with Crippen LogP contribution < -0.4 is 10.2 Å². The Morgan fingerprint density at radius 3 is 2.71 bits per heavy atom. The van der Waals surface area contributed by atoms with Gasteiger partial charge in [-0.15, -0.1) is 0 Å². The first-order valence-electron chi connectivity index (χ1n) is 6.90. The molecule has 0 saturated carbocycles. The summed E-state index contributed by atoms with van der Waals surface area (Å²) in [6.45, 7) is 3.50. The SMILES string of the molecule is CC1c2c(ccc3c2C(Cl)=CCN3)N(CC(F)(F)F)C1C. The van der Waals surface area contributed by atoms with E-state index in [9.17, 15) is 13.2 Å². The van der Waals surface area contributed by atoms with Gasteiger partial charge in [0.2, 0.25) is 0 Å². The molecule has 2 aliphatic heterocycles. The van der Waals surface area contributed by atoms with Crippen molar-refractivity contribution in [1.82, 2.24) is 0 Å². The second kappa shape index (κ2) is 4.83. The van der Waals surface area contributed by atoms with E-state index in [2.05, 4.69) is 5.32 Å². The van der Waals surface area contributed by atoms with Crippen LogP contribution in [-0.4, -0.2) is 25.3 Å². The lowest BCUT2D eigenvalue weighted by atomic mass is 9.91. The molecule has 1 aromatic carbocycles. The molecule has 2 unspecified atom stereocenters. The van der Waals surface area contributed by atoms with Crippen LogP contribution in [0.3, 0.4) is 0 Å². The zero-order chi connectivity index (χ0) is 15.4.